The van der Waals surface area contributed by atoms with Crippen LogP contribution in [0, 0.1) is 9.28 Å². The Hall–Kier alpha value is -2.80. The fourth-order valence-corrected chi connectivity index (χ4v) is 7.85. The Kier molecular flexibility index (Phi) is 7.89. The van der Waals surface area contributed by atoms with Crippen LogP contribution in [0.4, 0.5) is 11.9 Å². The Morgan fingerprint density at radius 2 is 1.17 bits per heavy atom. The predicted molar refractivity (Wildman–Crippen MR) is 155 cm³/mol. The molecule has 3 saturated heterocycles. The maximum atomic E-state index is 13.1. The fraction of sp³-hybridized carbons (Fsp3) is 0.500. The molecule has 3 aliphatic rings. The van der Waals surface area contributed by atoms with E-state index in [1.807, 2.05) is 0 Å². The minimum Gasteiger partial charge on any atom is -0.386 e. The normalized spacial score (nSPS) is 37.1. The van der Waals surface area contributed by atoms with Crippen molar-refractivity contribution in [2.75, 3.05) is 24.7 Å². The third-order valence-electron chi connectivity index (χ3n) is 7.41. The highest BCUT2D eigenvalue weighted by Crippen LogP contribution is 2.53. The van der Waals surface area contributed by atoms with Crippen LogP contribution in [0.5, 0.6) is 0 Å². The number of phosphoric ester groups is 2. The summed E-state index contributed by atoms with van der Waals surface area (Å²) in [7, 11) is -10.1. The Morgan fingerprint density at radius 3 is 1.57 bits per heavy atom. The summed E-state index contributed by atoms with van der Waals surface area (Å²) in [5.41, 5.74) is 12.3. The number of fused-ring (bicyclic) bond motifs is 4. The van der Waals surface area contributed by atoms with E-state index in [1.54, 1.807) is 0 Å². The number of aliphatic hydroxyl groups excluding tert-OH is 2. The molecule has 0 amide bonds. The lowest BCUT2D eigenvalue weighted by Crippen LogP contribution is -2.39. The first-order chi connectivity index (χ1) is 21.7. The second-order valence-corrected chi connectivity index (χ2v) is 13.9. The molecule has 4 aromatic rings. The maximum absolute atomic E-state index is 13.1. The van der Waals surface area contributed by atoms with Crippen molar-refractivity contribution in [1.29, 1.82) is 0 Å². The van der Waals surface area contributed by atoms with Gasteiger partial charge in [0.2, 0.25) is 0 Å². The lowest BCUT2D eigenvalue weighted by Gasteiger charge is -2.27. The van der Waals surface area contributed by atoms with E-state index in [0.29, 0.717) is 0 Å². The van der Waals surface area contributed by atoms with Crippen molar-refractivity contribution in [3.05, 3.63) is 21.9 Å². The largest absolute Gasteiger partial charge is 0.472 e. The fourth-order valence-electron chi connectivity index (χ4n) is 5.42. The van der Waals surface area contributed by atoms with Gasteiger partial charge >= 0.3 is 15.6 Å². The first kappa shape index (κ1) is 31.8. The number of nitrogens with one attached hydrogen (secondary N) is 2. The first-order valence-corrected chi connectivity index (χ1v) is 17.0. The summed E-state index contributed by atoms with van der Waals surface area (Å²) in [4.78, 5) is 42.9. The Labute approximate surface area is 265 Å². The van der Waals surface area contributed by atoms with Crippen LogP contribution in [-0.4, -0.2) is 109 Å². The van der Waals surface area contributed by atoms with Gasteiger partial charge in [-0.3, -0.25) is 27.2 Å². The minimum atomic E-state index is -5.03. The average Bonchev–Trinajstić information content (AvgIpc) is 3.72. The van der Waals surface area contributed by atoms with Crippen molar-refractivity contribution >= 4 is 74.3 Å². The van der Waals surface area contributed by atoms with Gasteiger partial charge in [0.05, 0.1) is 25.9 Å². The molecule has 4 aromatic heterocycles. The van der Waals surface area contributed by atoms with Gasteiger partial charge in [0.25, 0.3) is 0 Å². The molecule has 7 heterocycles. The van der Waals surface area contributed by atoms with Crippen molar-refractivity contribution < 1.29 is 56.7 Å². The summed E-state index contributed by atoms with van der Waals surface area (Å²) >= 11 is 10.3. The molecule has 0 radical (unpaired) electrons. The lowest BCUT2D eigenvalue weighted by molar-refractivity contribution is -0.0664. The highest BCUT2D eigenvalue weighted by Gasteiger charge is 2.54. The number of aromatic nitrogens is 8. The molecule has 248 valence electrons. The van der Waals surface area contributed by atoms with E-state index in [-0.39, 0.29) is 43.5 Å². The zero-order chi connectivity index (χ0) is 32.7. The highest BCUT2D eigenvalue weighted by atomic mass is 32.1. The van der Waals surface area contributed by atoms with Crippen LogP contribution in [0.15, 0.2) is 12.7 Å². The number of rotatable bonds is 2. The number of hydrogen-bond acceptors (Lipinski definition) is 18. The Bertz CT molecular complexity index is 1910. The van der Waals surface area contributed by atoms with Crippen molar-refractivity contribution in [3.8, 4) is 0 Å². The van der Waals surface area contributed by atoms with Gasteiger partial charge in [-0.1, -0.05) is 24.4 Å². The topological polar surface area (TPSA) is 315 Å². The Morgan fingerprint density at radius 1 is 0.783 bits per heavy atom. The second kappa shape index (κ2) is 11.4. The van der Waals surface area contributed by atoms with Gasteiger partial charge in [0.1, 0.15) is 59.0 Å². The number of nitrogens with zero attached hydrogens (tertiary/aromatic N) is 6. The number of imidazole rings is 2. The summed E-state index contributed by atoms with van der Waals surface area (Å²) in [5, 5.41) is 22.4. The number of nitrogens with two attached hydrogens (primary N) is 2. The minimum absolute atomic E-state index is 0.0537. The molecule has 4 unspecified atom stereocenters. The van der Waals surface area contributed by atoms with E-state index in [2.05, 4.69) is 29.9 Å². The van der Waals surface area contributed by atoms with Crippen LogP contribution < -0.4 is 11.5 Å². The predicted octanol–water partition coefficient (Wildman–Crippen LogP) is -0.310. The number of H-pyrrole nitrogens is 2. The molecule has 3 fully saturated rings. The van der Waals surface area contributed by atoms with Gasteiger partial charge in [-0.05, 0) is 0 Å². The van der Waals surface area contributed by atoms with Crippen LogP contribution in [0.3, 0.4) is 0 Å². The SMILES string of the molecule is Nc1nc(=S)c2ncn([C@@H]3O[C@@H]4COP(=O)(O)OC5[C@@H](COP(=O)(O)OC4[C@@H]3O)O[C@@H](n3cnc4c(=S)nc(N)[nH]c43)[C@H]5O)c2[nH]1. The van der Waals surface area contributed by atoms with Crippen LogP contribution in [0.2, 0.25) is 0 Å². The summed E-state index contributed by atoms with van der Waals surface area (Å²) in [6, 6.07) is 0. The van der Waals surface area contributed by atoms with Crippen molar-refractivity contribution in [2.45, 2.75) is 49.1 Å². The summed E-state index contributed by atoms with van der Waals surface area (Å²) in [5.74, 6) is -0.125. The molecule has 0 spiro atoms. The highest BCUT2D eigenvalue weighted by molar-refractivity contribution is 7.71. The number of aliphatic hydroxyl groups is 2. The average molecular weight is 723 g/mol. The van der Waals surface area contributed by atoms with Gasteiger partial charge in [-0.15, -0.1) is 0 Å². The molecule has 0 aliphatic carbocycles. The molecular formula is C20H24N10O12P2S2. The maximum Gasteiger partial charge on any atom is 0.472 e. The Balaban J connectivity index is 1.18. The first-order valence-electron chi connectivity index (χ1n) is 13.1. The zero-order valence-electron chi connectivity index (χ0n) is 22.8. The molecule has 46 heavy (non-hydrogen) atoms. The number of anilines is 2. The van der Waals surface area contributed by atoms with E-state index >= 15 is 0 Å². The molecule has 0 bridgehead atoms. The van der Waals surface area contributed by atoms with Gasteiger partial charge in [-0.25, -0.2) is 29.1 Å². The van der Waals surface area contributed by atoms with E-state index in [0.717, 1.165) is 0 Å². The number of phosphoric acid groups is 2. The van der Waals surface area contributed by atoms with Crippen LogP contribution >= 0.6 is 40.1 Å². The van der Waals surface area contributed by atoms with Gasteiger partial charge < -0.3 is 50.9 Å². The molecule has 3 aliphatic heterocycles. The summed E-state index contributed by atoms with van der Waals surface area (Å²) in [6.07, 6.45) is -9.81. The molecule has 26 heteroatoms. The van der Waals surface area contributed by atoms with Crippen molar-refractivity contribution in [3.63, 3.8) is 0 Å². The monoisotopic (exact) mass is 722 g/mol. The number of ether oxygens (including phenoxy) is 2. The summed E-state index contributed by atoms with van der Waals surface area (Å²) in [6.45, 7) is -1.60. The van der Waals surface area contributed by atoms with Crippen LogP contribution in [0.1, 0.15) is 12.5 Å². The van der Waals surface area contributed by atoms with E-state index in [4.69, 9.17) is 63.5 Å². The molecule has 7 rings (SSSR count). The second-order valence-electron chi connectivity index (χ2n) is 10.3. The van der Waals surface area contributed by atoms with Crippen LogP contribution in [0.25, 0.3) is 22.3 Å². The number of aromatic amines is 2. The molecule has 0 saturated carbocycles. The lowest BCUT2D eigenvalue weighted by atomic mass is 10.1. The smallest absolute Gasteiger partial charge is 0.386 e. The van der Waals surface area contributed by atoms with Gasteiger partial charge in [0, 0.05) is 0 Å². The molecule has 0 aromatic carbocycles. The van der Waals surface area contributed by atoms with Crippen molar-refractivity contribution in [2.24, 2.45) is 0 Å². The van der Waals surface area contributed by atoms with Crippen LogP contribution in [-0.2, 0) is 36.7 Å². The van der Waals surface area contributed by atoms with E-state index in [1.165, 1.54) is 21.8 Å². The molecular weight excluding hydrogens is 698 g/mol. The third-order valence-corrected chi connectivity index (χ3v) is 9.95. The molecule has 10 atom stereocenters. The molecule has 22 nitrogen and oxygen atoms in total. The number of hydrogen-bond donors (Lipinski definition) is 8. The van der Waals surface area contributed by atoms with E-state index in [9.17, 15) is 29.1 Å². The van der Waals surface area contributed by atoms with Gasteiger partial charge in [0.15, 0.2) is 33.6 Å². The quantitative estimate of drug-likeness (QED) is 0.0971. The van der Waals surface area contributed by atoms with E-state index < -0.39 is 77.9 Å². The van der Waals surface area contributed by atoms with Crippen molar-refractivity contribution in [1.82, 2.24) is 39.0 Å². The zero-order valence-corrected chi connectivity index (χ0v) is 26.2. The van der Waals surface area contributed by atoms with Gasteiger partial charge in [-0.2, -0.15) is 0 Å². The summed E-state index contributed by atoms with van der Waals surface area (Å²) < 4.78 is 61.6. The molecule has 10 N–H and O–H groups in total. The number of nitrogen functional groups attached to an aromatic ring is 2. The third kappa shape index (κ3) is 5.58. The standard InChI is InChI=1S/C20H24N10O12P2S2/c21-19-25-13-7(15(45)27-19)23-3-29(13)17-9(31)11-5(39-17)1-37-43(33,34)42-12-6(2-38-44(35,36)41-11)40-18(10(12)32)30-4-24-8-14(30)26-20(22)28-16(8)46/h3-6,9-12,17-18,31-32H,1-2H2,(H,33,34)(H,35,36)(H3,21,25,27,45)(H3,22,26,28,46)/t5-,6-,9+,10+,11?,12?,17-,18-/m1/s1.